The summed E-state index contributed by atoms with van der Waals surface area (Å²) in [5.74, 6) is 0.0869. The van der Waals surface area contributed by atoms with E-state index in [9.17, 15) is 4.79 Å². The molecule has 0 aliphatic carbocycles. The number of amides is 1. The Kier molecular flexibility index (Phi) is 4.78. The quantitative estimate of drug-likeness (QED) is 0.671. The van der Waals surface area contributed by atoms with Gasteiger partial charge in [-0.15, -0.1) is 0 Å². The fourth-order valence-corrected chi connectivity index (χ4v) is 1.73. The largest absolute Gasteiger partial charge is 0.337 e. The molecule has 2 N–H and O–H groups in total. The lowest BCUT2D eigenvalue weighted by molar-refractivity contribution is -0.127. The van der Waals surface area contributed by atoms with Crippen LogP contribution in [0.2, 0.25) is 0 Å². The van der Waals surface area contributed by atoms with Crippen LogP contribution in [0.3, 0.4) is 0 Å². The molecule has 0 aromatic carbocycles. The molecule has 0 saturated carbocycles. The summed E-state index contributed by atoms with van der Waals surface area (Å²) in [4.78, 5) is 15.9. The number of piperazine rings is 1. The van der Waals surface area contributed by atoms with Gasteiger partial charge in [0.2, 0.25) is 5.91 Å². The third-order valence-electron chi connectivity index (χ3n) is 2.75. The number of hydrogen-bond acceptors (Lipinski definition) is 3. The minimum absolute atomic E-state index is 0.0869. The highest BCUT2D eigenvalue weighted by Gasteiger charge is 2.20. The highest BCUT2D eigenvalue weighted by molar-refractivity contribution is 5.87. The van der Waals surface area contributed by atoms with E-state index in [0.29, 0.717) is 12.6 Å². The van der Waals surface area contributed by atoms with Gasteiger partial charge in [0.05, 0.1) is 0 Å². The number of nitrogens with zero attached hydrogens (tertiary/aromatic N) is 2. The summed E-state index contributed by atoms with van der Waals surface area (Å²) in [5.41, 5.74) is 5.30. The van der Waals surface area contributed by atoms with Gasteiger partial charge in [-0.2, -0.15) is 0 Å². The second-order valence-corrected chi connectivity index (χ2v) is 4.09. The highest BCUT2D eigenvalue weighted by Crippen LogP contribution is 2.06. The number of carbonyl (C=O) groups is 1. The second-order valence-electron chi connectivity index (χ2n) is 4.09. The monoisotopic (exact) mass is 211 g/mol. The summed E-state index contributed by atoms with van der Waals surface area (Å²) in [6.45, 7) is 8.40. The van der Waals surface area contributed by atoms with Gasteiger partial charge in [-0.05, 0) is 13.8 Å². The summed E-state index contributed by atoms with van der Waals surface area (Å²) in [5, 5.41) is 0. The van der Waals surface area contributed by atoms with Gasteiger partial charge in [0.25, 0.3) is 0 Å². The molecular weight excluding hydrogens is 190 g/mol. The Bertz CT molecular complexity index is 230. The maximum absolute atomic E-state index is 11.6. The van der Waals surface area contributed by atoms with Crippen molar-refractivity contribution in [2.24, 2.45) is 5.73 Å². The fourth-order valence-electron chi connectivity index (χ4n) is 1.73. The van der Waals surface area contributed by atoms with Crippen LogP contribution in [0.15, 0.2) is 12.2 Å². The molecule has 1 aliphatic rings. The molecule has 0 bridgehead atoms. The number of rotatable bonds is 3. The van der Waals surface area contributed by atoms with Gasteiger partial charge in [0, 0.05) is 44.8 Å². The molecule has 86 valence electrons. The van der Waals surface area contributed by atoms with Crippen LogP contribution in [0.5, 0.6) is 0 Å². The van der Waals surface area contributed by atoms with E-state index in [1.165, 1.54) is 0 Å². The number of hydrogen-bond donors (Lipinski definition) is 1. The summed E-state index contributed by atoms with van der Waals surface area (Å²) in [6.07, 6.45) is 3.28. The molecule has 1 aliphatic heterocycles. The second kappa shape index (κ2) is 5.88. The topological polar surface area (TPSA) is 49.6 Å². The Morgan fingerprint density at radius 2 is 1.93 bits per heavy atom. The molecule has 4 heteroatoms. The van der Waals surface area contributed by atoms with Crippen LogP contribution in [0.25, 0.3) is 0 Å². The average molecular weight is 211 g/mol. The van der Waals surface area contributed by atoms with Crippen molar-refractivity contribution < 1.29 is 4.79 Å². The Morgan fingerprint density at radius 3 is 2.40 bits per heavy atom. The minimum Gasteiger partial charge on any atom is -0.337 e. The molecule has 0 radical (unpaired) electrons. The zero-order valence-electron chi connectivity index (χ0n) is 9.65. The lowest BCUT2D eigenvalue weighted by Gasteiger charge is -2.36. The highest BCUT2D eigenvalue weighted by atomic mass is 16.2. The van der Waals surface area contributed by atoms with Gasteiger partial charge in [0.1, 0.15) is 0 Å². The summed E-state index contributed by atoms with van der Waals surface area (Å²) in [7, 11) is 0. The first-order valence-corrected chi connectivity index (χ1v) is 5.54. The van der Waals surface area contributed by atoms with Crippen molar-refractivity contribution in [1.82, 2.24) is 9.80 Å². The standard InChI is InChI=1S/C11H21N3O/c1-10(2)13-6-8-14(9-7-13)11(15)4-3-5-12/h3-4,10H,5-9,12H2,1-2H3/b4-3+. The minimum atomic E-state index is 0.0869. The van der Waals surface area contributed by atoms with Crippen LogP contribution in [0.1, 0.15) is 13.8 Å². The predicted molar refractivity (Wildman–Crippen MR) is 61.5 cm³/mol. The lowest BCUT2D eigenvalue weighted by atomic mass is 10.2. The first-order valence-electron chi connectivity index (χ1n) is 5.54. The molecule has 1 amide bonds. The van der Waals surface area contributed by atoms with Crippen molar-refractivity contribution in [3.63, 3.8) is 0 Å². The molecular formula is C11H21N3O. The van der Waals surface area contributed by atoms with Crippen LogP contribution >= 0.6 is 0 Å². The van der Waals surface area contributed by atoms with Gasteiger partial charge < -0.3 is 10.6 Å². The Hall–Kier alpha value is -0.870. The predicted octanol–water partition coefficient (Wildman–Crippen LogP) is 0.0539. The first-order chi connectivity index (χ1) is 7.15. The Labute approximate surface area is 91.7 Å². The smallest absolute Gasteiger partial charge is 0.246 e. The molecule has 0 spiro atoms. The van der Waals surface area contributed by atoms with E-state index in [1.807, 2.05) is 4.90 Å². The normalized spacial score (nSPS) is 19.1. The van der Waals surface area contributed by atoms with E-state index in [4.69, 9.17) is 5.73 Å². The molecule has 1 saturated heterocycles. The summed E-state index contributed by atoms with van der Waals surface area (Å²) < 4.78 is 0. The van der Waals surface area contributed by atoms with Gasteiger partial charge in [-0.25, -0.2) is 0 Å². The summed E-state index contributed by atoms with van der Waals surface area (Å²) in [6, 6.07) is 0.571. The zero-order chi connectivity index (χ0) is 11.3. The van der Waals surface area contributed by atoms with Crippen LogP contribution in [-0.4, -0.2) is 54.5 Å². The van der Waals surface area contributed by atoms with Crippen molar-refractivity contribution in [1.29, 1.82) is 0 Å². The van der Waals surface area contributed by atoms with E-state index in [0.717, 1.165) is 26.2 Å². The fraction of sp³-hybridized carbons (Fsp3) is 0.727. The van der Waals surface area contributed by atoms with E-state index in [2.05, 4.69) is 18.7 Å². The van der Waals surface area contributed by atoms with E-state index in [1.54, 1.807) is 12.2 Å². The Balaban J connectivity index is 2.37. The van der Waals surface area contributed by atoms with E-state index >= 15 is 0 Å². The first kappa shape index (κ1) is 12.2. The van der Waals surface area contributed by atoms with Gasteiger partial charge in [-0.1, -0.05) is 6.08 Å². The lowest BCUT2D eigenvalue weighted by Crippen LogP contribution is -2.50. The van der Waals surface area contributed by atoms with Crippen molar-refractivity contribution >= 4 is 5.91 Å². The number of carbonyl (C=O) groups excluding carboxylic acids is 1. The average Bonchev–Trinajstić information content (AvgIpc) is 2.26. The van der Waals surface area contributed by atoms with E-state index in [-0.39, 0.29) is 5.91 Å². The molecule has 0 aromatic rings. The maximum atomic E-state index is 11.6. The molecule has 15 heavy (non-hydrogen) atoms. The van der Waals surface area contributed by atoms with Crippen LogP contribution < -0.4 is 5.73 Å². The van der Waals surface area contributed by atoms with Crippen molar-refractivity contribution in [2.75, 3.05) is 32.7 Å². The zero-order valence-corrected chi connectivity index (χ0v) is 9.65. The van der Waals surface area contributed by atoms with Crippen molar-refractivity contribution in [3.8, 4) is 0 Å². The molecule has 0 atom stereocenters. The molecule has 0 aromatic heterocycles. The van der Waals surface area contributed by atoms with Gasteiger partial charge in [-0.3, -0.25) is 9.69 Å². The Morgan fingerprint density at radius 1 is 1.33 bits per heavy atom. The van der Waals surface area contributed by atoms with Gasteiger partial charge >= 0.3 is 0 Å². The van der Waals surface area contributed by atoms with Gasteiger partial charge in [0.15, 0.2) is 0 Å². The molecule has 1 heterocycles. The third kappa shape index (κ3) is 3.64. The molecule has 0 unspecified atom stereocenters. The van der Waals surface area contributed by atoms with Crippen LogP contribution in [-0.2, 0) is 4.79 Å². The third-order valence-corrected chi connectivity index (χ3v) is 2.75. The van der Waals surface area contributed by atoms with E-state index < -0.39 is 0 Å². The van der Waals surface area contributed by atoms with Crippen LogP contribution in [0.4, 0.5) is 0 Å². The van der Waals surface area contributed by atoms with Crippen LogP contribution in [0, 0.1) is 0 Å². The maximum Gasteiger partial charge on any atom is 0.246 e. The van der Waals surface area contributed by atoms with Crippen molar-refractivity contribution in [3.05, 3.63) is 12.2 Å². The molecule has 1 fully saturated rings. The van der Waals surface area contributed by atoms with Crippen molar-refractivity contribution in [2.45, 2.75) is 19.9 Å². The molecule has 4 nitrogen and oxygen atoms in total. The SMILES string of the molecule is CC(C)N1CCN(C(=O)/C=C/CN)CC1. The molecule has 1 rings (SSSR count). The summed E-state index contributed by atoms with van der Waals surface area (Å²) >= 11 is 0. The number of nitrogens with two attached hydrogens (primary N) is 1.